The topological polar surface area (TPSA) is 148 Å². The summed E-state index contributed by atoms with van der Waals surface area (Å²) in [4.78, 5) is 31.4. The van der Waals surface area contributed by atoms with Crippen LogP contribution in [0.1, 0.15) is 43.1 Å². The zero-order valence-corrected chi connectivity index (χ0v) is 17.0. The number of nitrogens with two attached hydrogens (primary N) is 1. The second-order valence-corrected chi connectivity index (χ2v) is 7.65. The Bertz CT molecular complexity index is 1230. The highest BCUT2D eigenvalue weighted by molar-refractivity contribution is 7.19. The molecular weight excluding hydrogens is 408 g/mol. The number of nitrogens with one attached hydrogen (secondary N) is 1. The number of aromatic amines is 1. The summed E-state index contributed by atoms with van der Waals surface area (Å²) >= 11 is 1.51. The molecule has 30 heavy (non-hydrogen) atoms. The molecule has 0 saturated heterocycles. The lowest BCUT2D eigenvalue weighted by atomic mass is 10.3. The zero-order valence-electron chi connectivity index (χ0n) is 16.2. The molecule has 0 aromatic carbocycles. The summed E-state index contributed by atoms with van der Waals surface area (Å²) in [5.74, 6) is -0.879. The molecule has 3 N–H and O–H groups in total. The van der Waals surface area contributed by atoms with Crippen molar-refractivity contribution in [1.82, 2.24) is 29.7 Å². The Morgan fingerprint density at radius 3 is 2.97 bits per heavy atom. The van der Waals surface area contributed by atoms with E-state index in [1.54, 1.807) is 36.1 Å². The molecule has 0 saturated carbocycles. The standard InChI is InChI=1S/C18H18N8O3S/c1-25(7-11-9-29-18(22-11)16(19)28)21-6-12-13(8-27)26(2)17-15(12)30-14(23-17)5-10-3-4-20-24-10/h3-4,6,8-9H,5,7H2,1-2H3,(H2,19,28)(H,20,24)/b21-6-. The smallest absolute Gasteiger partial charge is 0.304 e. The lowest BCUT2D eigenvalue weighted by Gasteiger charge is -2.09. The number of carbonyl (C=O) groups is 2. The number of rotatable bonds is 8. The van der Waals surface area contributed by atoms with E-state index in [1.165, 1.54) is 17.6 Å². The Morgan fingerprint density at radius 2 is 2.30 bits per heavy atom. The van der Waals surface area contributed by atoms with Crippen molar-refractivity contribution in [2.24, 2.45) is 17.9 Å². The molecule has 4 aromatic heterocycles. The van der Waals surface area contributed by atoms with E-state index in [0.717, 1.165) is 27.3 Å². The molecule has 0 bridgehead atoms. The van der Waals surface area contributed by atoms with Crippen molar-refractivity contribution < 1.29 is 14.0 Å². The minimum atomic E-state index is -0.731. The van der Waals surface area contributed by atoms with Crippen LogP contribution < -0.4 is 5.73 Å². The van der Waals surface area contributed by atoms with E-state index in [9.17, 15) is 9.59 Å². The van der Waals surface area contributed by atoms with E-state index in [0.29, 0.717) is 29.9 Å². The highest BCUT2D eigenvalue weighted by Gasteiger charge is 2.19. The number of hydrogen-bond acceptors (Lipinski definition) is 9. The van der Waals surface area contributed by atoms with E-state index in [1.807, 2.05) is 6.07 Å². The molecule has 0 spiro atoms. The number of amides is 1. The maximum atomic E-state index is 11.7. The highest BCUT2D eigenvalue weighted by atomic mass is 32.1. The van der Waals surface area contributed by atoms with Crippen molar-refractivity contribution >= 4 is 40.1 Å². The van der Waals surface area contributed by atoms with E-state index < -0.39 is 5.91 Å². The fourth-order valence-electron chi connectivity index (χ4n) is 2.98. The summed E-state index contributed by atoms with van der Waals surface area (Å²) in [6.45, 7) is 0.299. The monoisotopic (exact) mass is 426 g/mol. The number of primary amides is 1. The number of hydrogen-bond donors (Lipinski definition) is 2. The Labute approximate surface area is 174 Å². The van der Waals surface area contributed by atoms with Gasteiger partial charge in [0.15, 0.2) is 11.9 Å². The molecule has 0 aliphatic carbocycles. The summed E-state index contributed by atoms with van der Waals surface area (Å²) in [6, 6.07) is 1.90. The first-order valence-electron chi connectivity index (χ1n) is 8.87. The Kier molecular flexibility index (Phi) is 5.14. The lowest BCUT2D eigenvalue weighted by Crippen LogP contribution is -2.13. The largest absolute Gasteiger partial charge is 0.441 e. The predicted octanol–water partition coefficient (Wildman–Crippen LogP) is 1.31. The maximum absolute atomic E-state index is 11.7. The van der Waals surface area contributed by atoms with Crippen LogP contribution in [0.5, 0.6) is 0 Å². The Morgan fingerprint density at radius 1 is 1.47 bits per heavy atom. The van der Waals surface area contributed by atoms with Crippen molar-refractivity contribution in [3.63, 3.8) is 0 Å². The maximum Gasteiger partial charge on any atom is 0.304 e. The van der Waals surface area contributed by atoms with Gasteiger partial charge in [-0.3, -0.25) is 19.7 Å². The Hall–Kier alpha value is -3.80. The minimum absolute atomic E-state index is 0.148. The molecule has 0 unspecified atom stereocenters. The normalized spacial score (nSPS) is 11.5. The molecule has 1 amide bonds. The number of nitrogens with zero attached hydrogens (tertiary/aromatic N) is 6. The number of aldehydes is 1. The van der Waals surface area contributed by atoms with Crippen LogP contribution in [0.3, 0.4) is 0 Å². The molecule has 0 radical (unpaired) electrons. The van der Waals surface area contributed by atoms with Gasteiger partial charge >= 0.3 is 5.91 Å². The molecule has 0 aliphatic rings. The molecule has 11 nitrogen and oxygen atoms in total. The number of aromatic nitrogens is 5. The van der Waals surface area contributed by atoms with Gasteiger partial charge < -0.3 is 14.7 Å². The molecule has 4 rings (SSSR count). The van der Waals surface area contributed by atoms with Crippen LogP contribution >= 0.6 is 11.3 Å². The first kappa shape index (κ1) is 19.5. The van der Waals surface area contributed by atoms with Crippen molar-refractivity contribution in [3.8, 4) is 0 Å². The van der Waals surface area contributed by atoms with Gasteiger partial charge in [-0.25, -0.2) is 9.97 Å². The van der Waals surface area contributed by atoms with Crippen LogP contribution in [0.4, 0.5) is 0 Å². The summed E-state index contributed by atoms with van der Waals surface area (Å²) < 4.78 is 7.64. The van der Waals surface area contributed by atoms with Gasteiger partial charge in [-0.1, -0.05) is 0 Å². The van der Waals surface area contributed by atoms with E-state index in [2.05, 4.69) is 25.3 Å². The number of fused-ring (bicyclic) bond motifs is 1. The number of oxazole rings is 1. The van der Waals surface area contributed by atoms with Crippen molar-refractivity contribution in [2.45, 2.75) is 13.0 Å². The summed E-state index contributed by atoms with van der Waals surface area (Å²) in [6.07, 6.45) is 6.10. The van der Waals surface area contributed by atoms with Crippen LogP contribution in [0.25, 0.3) is 10.3 Å². The van der Waals surface area contributed by atoms with Crippen LogP contribution in [-0.2, 0) is 20.0 Å². The van der Waals surface area contributed by atoms with Gasteiger partial charge in [-0.2, -0.15) is 10.2 Å². The van der Waals surface area contributed by atoms with Crippen LogP contribution in [0, 0.1) is 0 Å². The van der Waals surface area contributed by atoms with E-state index >= 15 is 0 Å². The van der Waals surface area contributed by atoms with Gasteiger partial charge in [0.1, 0.15) is 17.0 Å². The van der Waals surface area contributed by atoms with Gasteiger partial charge in [-0.05, 0) is 6.07 Å². The average Bonchev–Trinajstić information content (AvgIpc) is 3.48. The summed E-state index contributed by atoms with van der Waals surface area (Å²) in [7, 11) is 3.54. The van der Waals surface area contributed by atoms with Crippen LogP contribution in [0.15, 0.2) is 28.0 Å². The Balaban J connectivity index is 1.58. The van der Waals surface area contributed by atoms with Gasteiger partial charge in [0, 0.05) is 38.0 Å². The SMILES string of the molecule is CN(Cc1coc(C(N)=O)n1)/N=C\c1c(C=O)n(C)c2nc(Cc3ccn[nH]3)sc12. The fourth-order valence-corrected chi connectivity index (χ4v) is 4.12. The highest BCUT2D eigenvalue weighted by Crippen LogP contribution is 2.30. The average molecular weight is 426 g/mol. The van der Waals surface area contributed by atoms with Gasteiger partial charge in [-0.15, -0.1) is 11.3 Å². The summed E-state index contributed by atoms with van der Waals surface area (Å²) in [5, 5.41) is 13.8. The molecule has 12 heteroatoms. The van der Waals surface area contributed by atoms with E-state index in [4.69, 9.17) is 10.2 Å². The zero-order chi connectivity index (χ0) is 21.3. The number of hydrazone groups is 1. The molecule has 0 atom stereocenters. The van der Waals surface area contributed by atoms with Gasteiger partial charge in [0.2, 0.25) is 0 Å². The number of aryl methyl sites for hydroxylation is 1. The van der Waals surface area contributed by atoms with Crippen LogP contribution in [-0.4, -0.2) is 55.2 Å². The fraction of sp³-hybridized carbons (Fsp3) is 0.222. The van der Waals surface area contributed by atoms with Crippen LogP contribution in [0.2, 0.25) is 0 Å². The third kappa shape index (κ3) is 3.72. The van der Waals surface area contributed by atoms with Crippen molar-refractivity contribution in [2.75, 3.05) is 7.05 Å². The van der Waals surface area contributed by atoms with Crippen molar-refractivity contribution in [1.29, 1.82) is 0 Å². The second kappa shape index (κ2) is 7.91. The molecule has 154 valence electrons. The molecule has 0 fully saturated rings. The van der Waals surface area contributed by atoms with E-state index in [-0.39, 0.29) is 5.89 Å². The number of H-pyrrole nitrogens is 1. The molecule has 4 heterocycles. The predicted molar refractivity (Wildman–Crippen MR) is 109 cm³/mol. The second-order valence-electron chi connectivity index (χ2n) is 6.56. The van der Waals surface area contributed by atoms with Gasteiger partial charge in [0.25, 0.3) is 5.89 Å². The van der Waals surface area contributed by atoms with Crippen molar-refractivity contribution in [3.05, 3.63) is 52.1 Å². The first-order chi connectivity index (χ1) is 14.5. The van der Waals surface area contributed by atoms with Gasteiger partial charge in [0.05, 0.1) is 23.2 Å². The molecule has 4 aromatic rings. The summed E-state index contributed by atoms with van der Waals surface area (Å²) in [5.41, 5.74) is 8.52. The molecular formula is C18H18N8O3S. The number of thiazole rings is 1. The third-order valence-corrected chi connectivity index (χ3v) is 5.48. The quantitative estimate of drug-likeness (QED) is 0.245. The number of carbonyl (C=O) groups excluding carboxylic acids is 2. The lowest BCUT2D eigenvalue weighted by molar-refractivity contribution is 0.0967. The molecule has 0 aliphatic heterocycles. The third-order valence-electron chi connectivity index (χ3n) is 4.40. The minimum Gasteiger partial charge on any atom is -0.441 e. The first-order valence-corrected chi connectivity index (χ1v) is 9.68.